The quantitative estimate of drug-likeness (QED) is 0.0529. The molecular formula is C56H78B2Cl2N4O12. The van der Waals surface area contributed by atoms with Gasteiger partial charge < -0.3 is 35.1 Å². The second-order valence-electron chi connectivity index (χ2n) is 17.9. The molecule has 1 atom stereocenters. The summed E-state index contributed by atoms with van der Waals surface area (Å²) >= 11 is 5.27. The van der Waals surface area contributed by atoms with Gasteiger partial charge in [0.1, 0.15) is 11.2 Å². The largest absolute Gasteiger partial charge is 0.390 e. The molecule has 0 bridgehead atoms. The molecule has 4 fully saturated rings. The first kappa shape index (κ1) is 72.0. The monoisotopic (exact) mass is 1090 g/mol. The van der Waals surface area contributed by atoms with E-state index in [2.05, 4.69) is 77.7 Å². The van der Waals surface area contributed by atoms with Crippen molar-refractivity contribution in [1.29, 1.82) is 0 Å². The molecule has 0 aliphatic carbocycles. The van der Waals surface area contributed by atoms with Crippen molar-refractivity contribution in [1.82, 2.24) is 14.7 Å². The number of aliphatic hydroxyl groups is 4. The average molecular weight is 1090 g/mol. The predicted octanol–water partition coefficient (Wildman–Crippen LogP) is 8.34. The zero-order valence-electron chi connectivity index (χ0n) is 45.5. The molecule has 0 spiro atoms. The third-order valence-electron chi connectivity index (χ3n) is 9.53. The number of rotatable bonds is 6. The Bertz CT molecular complexity index is 2200. The summed E-state index contributed by atoms with van der Waals surface area (Å²) in [4.78, 5) is 38.0. The Kier molecular flexibility index (Phi) is 39.0. The Morgan fingerprint density at radius 1 is 0.645 bits per heavy atom. The molecule has 4 heterocycles. The minimum atomic E-state index is -0.476. The first-order chi connectivity index (χ1) is 35.7. The number of aliphatic hydroxyl groups excluding tert-OH is 4. The van der Waals surface area contributed by atoms with E-state index in [0.717, 1.165) is 30.8 Å². The number of Topliss-reactive ketones (excluding diaryl/α,β-unsaturated/α-hetero) is 1. The van der Waals surface area contributed by atoms with Gasteiger partial charge in [0.15, 0.2) is 5.78 Å². The summed E-state index contributed by atoms with van der Waals surface area (Å²) < 4.78 is 33.0. The van der Waals surface area contributed by atoms with Crippen LogP contribution in [0.4, 0.5) is 9.59 Å². The van der Waals surface area contributed by atoms with Gasteiger partial charge in [-0.2, -0.15) is 0 Å². The number of hydrogen-bond acceptors (Lipinski definition) is 14. The van der Waals surface area contributed by atoms with Gasteiger partial charge in [0.05, 0.1) is 69.1 Å². The van der Waals surface area contributed by atoms with Crippen LogP contribution in [0, 0.1) is 23.9 Å². The third kappa shape index (κ3) is 32.4. The standard InChI is InChI=1S/C16H17NO.C13H13N.C8H15NO3.C8H13NO3.C3H5ClO.2C2HBO2.2C2H6.ClH/c18-15-11-17(12-15)16(13-7-3-1-4-8-13)14-9-5-2-6-10-14;14-13(11-7-3-1-4-8-11)12-9-5-2-6-10-12;2*1-8(2,3)12-7(11)9-4-6(10)5-9;4-1-3-2-5-3;2*4-2-1-3-5;2*1-2;/h1-10,15-16,18H,11-12H2;1-10,13H,14H2;6,10H,4-5H2,1-3H3;4-5H2,1-3H3;3H,1-2H2;2*4H;2*1-2H3;1H. The van der Waals surface area contributed by atoms with E-state index in [-0.39, 0.29) is 61.7 Å². The van der Waals surface area contributed by atoms with Crippen LogP contribution in [0.5, 0.6) is 0 Å². The second-order valence-corrected chi connectivity index (χ2v) is 18.2. The van der Waals surface area contributed by atoms with Crippen molar-refractivity contribution in [3.63, 3.8) is 0 Å². The van der Waals surface area contributed by atoms with Crippen LogP contribution in [0.3, 0.4) is 0 Å². The maximum Gasteiger partial charge on any atom is 0.0794 e. The molecule has 4 aliphatic heterocycles. The molecule has 1 unspecified atom stereocenters. The fourth-order valence-corrected chi connectivity index (χ4v) is 6.25. The van der Waals surface area contributed by atoms with Crippen molar-refractivity contribution in [3.8, 4) is 23.9 Å². The number of benzene rings is 4. The van der Waals surface area contributed by atoms with Gasteiger partial charge in [-0.25, -0.2) is 9.59 Å². The Labute approximate surface area is 463 Å². The van der Waals surface area contributed by atoms with Crippen LogP contribution >= 0.6 is 24.0 Å². The van der Waals surface area contributed by atoms with E-state index in [1.54, 1.807) is 32.4 Å². The topological polar surface area (TPSA) is 233 Å². The summed E-state index contributed by atoms with van der Waals surface area (Å²) in [5.74, 6) is 4.22. The van der Waals surface area contributed by atoms with Crippen LogP contribution in [0.2, 0.25) is 0 Å². The molecule has 2 amide bonds. The first-order valence-corrected chi connectivity index (χ1v) is 25.2. The number of amides is 2. The van der Waals surface area contributed by atoms with Gasteiger partial charge in [-0.15, -0.1) is 24.0 Å². The van der Waals surface area contributed by atoms with Gasteiger partial charge >= 0.3 is 70.0 Å². The molecule has 0 radical (unpaired) electrons. The van der Waals surface area contributed by atoms with E-state index < -0.39 is 17.3 Å². The van der Waals surface area contributed by atoms with Crippen LogP contribution in [-0.2, 0) is 28.4 Å². The summed E-state index contributed by atoms with van der Waals surface area (Å²) in [6, 6.07) is 41.5. The summed E-state index contributed by atoms with van der Waals surface area (Å²) in [5.41, 5.74) is 10.1. The van der Waals surface area contributed by atoms with E-state index >= 15 is 0 Å². The number of carbonyl (C=O) groups excluding carboxylic acids is 3. The summed E-state index contributed by atoms with van der Waals surface area (Å²) in [6.07, 6.45) is 1.93. The maximum absolute atomic E-state index is 11.2. The van der Waals surface area contributed by atoms with E-state index in [9.17, 15) is 19.5 Å². The van der Waals surface area contributed by atoms with Crippen molar-refractivity contribution >= 4 is 56.3 Å². The minimum Gasteiger partial charge on any atom is -0.390 e. The average Bonchev–Trinajstić information content (AvgIpc) is 4.22. The number of halogens is 2. The van der Waals surface area contributed by atoms with Crippen LogP contribution in [-0.4, -0.2) is 149 Å². The van der Waals surface area contributed by atoms with Crippen molar-refractivity contribution in [3.05, 3.63) is 144 Å². The first-order valence-electron chi connectivity index (χ1n) is 24.6. The number of epoxide rings is 1. The molecule has 4 aromatic rings. The maximum atomic E-state index is 11.2. The molecule has 6 N–H and O–H groups in total. The van der Waals surface area contributed by atoms with E-state index in [1.165, 1.54) is 33.1 Å². The zero-order valence-corrected chi connectivity index (χ0v) is 47.1. The number of ether oxygens (including phenoxy) is 3. The van der Waals surface area contributed by atoms with E-state index in [1.807, 2.05) is 97.0 Å². The van der Waals surface area contributed by atoms with Crippen LogP contribution in [0.15, 0.2) is 121 Å². The SMILES string of the molecule is CC.CC.CC(C)(C)OC(=O)N1CC(=O)C1.CC(C)(C)OC(=O)N1CC(O)C1.Cl.ClCC1CO1.NC(c1ccccc1)c1ccccc1.O=BC#CO.O=BC#CO.OC1CN(C(c2ccccc2)c2ccccc2)C1. The Morgan fingerprint density at radius 3 is 1.18 bits per heavy atom. The Morgan fingerprint density at radius 2 is 0.961 bits per heavy atom. The molecule has 8 rings (SSSR count). The van der Waals surface area contributed by atoms with Crippen molar-refractivity contribution in [2.24, 2.45) is 5.73 Å². The normalized spacial score (nSPS) is 14.4. The number of carbonyl (C=O) groups is 3. The smallest absolute Gasteiger partial charge is 0.0794 e. The number of hydrogen-bond donors (Lipinski definition) is 5. The van der Waals surface area contributed by atoms with Crippen LogP contribution in [0.1, 0.15) is 104 Å². The van der Waals surface area contributed by atoms with Gasteiger partial charge in [-0.3, -0.25) is 14.6 Å². The molecule has 16 nitrogen and oxygen atoms in total. The number of nitrogens with zero attached hydrogens (tertiary/aromatic N) is 3. The molecule has 4 aromatic carbocycles. The number of nitrogens with two attached hydrogens (primary N) is 1. The minimum absolute atomic E-state index is 0. The molecule has 20 heteroatoms. The molecule has 4 saturated heterocycles. The number of likely N-dealkylation sites (tertiary alicyclic amines) is 3. The molecule has 4 aliphatic rings. The van der Waals surface area contributed by atoms with Gasteiger partial charge in [-0.05, 0) is 63.8 Å². The van der Waals surface area contributed by atoms with Gasteiger partial charge in [-0.1, -0.05) is 149 Å². The number of β-amino-alcohol motifs (C(OH)–C–C–N with tert-alkyl or cyclic N) is 2. The zero-order chi connectivity index (χ0) is 56.8. The molecule has 0 saturated carbocycles. The summed E-state index contributed by atoms with van der Waals surface area (Å²) in [5, 5.41) is 33.4. The number of ketones is 1. The van der Waals surface area contributed by atoms with Crippen molar-refractivity contribution in [2.75, 3.05) is 51.8 Å². The fourth-order valence-electron chi connectivity index (χ4n) is 6.07. The molecule has 414 valence electrons. The van der Waals surface area contributed by atoms with E-state index in [4.69, 9.17) is 56.3 Å². The Hall–Kier alpha value is -6.08. The van der Waals surface area contributed by atoms with E-state index in [0.29, 0.717) is 39.4 Å². The van der Waals surface area contributed by atoms with Gasteiger partial charge in [0.2, 0.25) is 0 Å². The predicted molar refractivity (Wildman–Crippen MR) is 301 cm³/mol. The molecule has 0 aromatic heterocycles. The molecular weight excluding hydrogens is 1010 g/mol. The fraction of sp³-hybridized carbons (Fsp3) is 0.446. The van der Waals surface area contributed by atoms with Gasteiger partial charge in [0.25, 0.3) is 0 Å². The van der Waals surface area contributed by atoms with Gasteiger partial charge in [0, 0.05) is 13.1 Å². The third-order valence-corrected chi connectivity index (χ3v) is 9.87. The van der Waals surface area contributed by atoms with Crippen LogP contribution < -0.4 is 5.73 Å². The Balaban J connectivity index is 0. The van der Waals surface area contributed by atoms with Crippen LogP contribution in [0.25, 0.3) is 0 Å². The van der Waals surface area contributed by atoms with Crippen molar-refractivity contribution in [2.45, 2.75) is 111 Å². The second kappa shape index (κ2) is 41.1. The number of alkyl halides is 1. The van der Waals surface area contributed by atoms with Crippen molar-refractivity contribution < 1.29 is 58.4 Å². The summed E-state index contributed by atoms with van der Waals surface area (Å²) in [6.45, 7) is 22.5. The summed E-state index contributed by atoms with van der Waals surface area (Å²) in [7, 11) is 0.639. The molecule has 76 heavy (non-hydrogen) atoms.